The lowest BCUT2D eigenvalue weighted by atomic mass is 10.0. The van der Waals surface area contributed by atoms with E-state index in [2.05, 4.69) is 9.98 Å². The molecule has 1 heterocycles. The molecular weight excluding hydrogens is 216 g/mol. The number of methoxy groups -OCH3 is 1. The summed E-state index contributed by atoms with van der Waals surface area (Å²) in [5.74, 6) is 0.811. The molecule has 1 saturated carbocycles. The smallest absolute Gasteiger partial charge is 0.235 e. The molecule has 0 aliphatic heterocycles. The zero-order valence-corrected chi connectivity index (χ0v) is 9.49. The first kappa shape index (κ1) is 10.1. The van der Waals surface area contributed by atoms with Gasteiger partial charge in [0.25, 0.3) is 0 Å². The van der Waals surface area contributed by atoms with Crippen LogP contribution in [-0.2, 0) is 10.3 Å². The third-order valence-corrected chi connectivity index (χ3v) is 3.37. The molecule has 2 aromatic rings. The number of benzene rings is 1. The molecule has 0 amide bonds. The van der Waals surface area contributed by atoms with E-state index in [1.165, 1.54) is 0 Å². The van der Waals surface area contributed by atoms with Gasteiger partial charge in [-0.05, 0) is 36.6 Å². The summed E-state index contributed by atoms with van der Waals surface area (Å²) >= 11 is 0. The van der Waals surface area contributed by atoms with E-state index in [1.54, 1.807) is 13.2 Å². The third kappa shape index (κ3) is 1.46. The molecule has 1 aliphatic carbocycles. The highest BCUT2D eigenvalue weighted by molar-refractivity contribution is 5.87. The van der Waals surface area contributed by atoms with E-state index >= 15 is 0 Å². The van der Waals surface area contributed by atoms with Gasteiger partial charge in [-0.25, -0.2) is 4.79 Å². The van der Waals surface area contributed by atoms with Crippen LogP contribution in [0.5, 0.6) is 5.75 Å². The van der Waals surface area contributed by atoms with Gasteiger partial charge in [0, 0.05) is 17.1 Å². The van der Waals surface area contributed by atoms with Crippen LogP contribution in [0.3, 0.4) is 0 Å². The summed E-state index contributed by atoms with van der Waals surface area (Å²) in [5, 5.41) is 1.04. The van der Waals surface area contributed by atoms with Gasteiger partial charge < -0.3 is 9.72 Å². The summed E-state index contributed by atoms with van der Waals surface area (Å²) in [6.07, 6.45) is 5.35. The number of aliphatic imine (C=N–C) groups is 1. The normalized spacial score (nSPS) is 16.5. The molecule has 4 nitrogen and oxygen atoms in total. The minimum Gasteiger partial charge on any atom is -0.496 e. The van der Waals surface area contributed by atoms with Crippen molar-refractivity contribution in [2.75, 3.05) is 7.11 Å². The van der Waals surface area contributed by atoms with Crippen LogP contribution in [0.4, 0.5) is 0 Å². The first-order chi connectivity index (χ1) is 8.29. The van der Waals surface area contributed by atoms with Gasteiger partial charge in [-0.2, -0.15) is 4.99 Å². The summed E-state index contributed by atoms with van der Waals surface area (Å²) in [6, 6.07) is 5.97. The Balaban J connectivity index is 2.21. The Morgan fingerprint density at radius 2 is 2.29 bits per heavy atom. The standard InChI is InChI=1S/C13H12N2O2/c1-17-12-7-9(13(3-4-13)15-8-16)6-11-10(12)2-5-14-11/h2,5-7,14H,3-4H2,1H3. The summed E-state index contributed by atoms with van der Waals surface area (Å²) in [7, 11) is 1.65. The number of ether oxygens (including phenoxy) is 1. The van der Waals surface area contributed by atoms with E-state index < -0.39 is 0 Å². The molecule has 86 valence electrons. The van der Waals surface area contributed by atoms with Crippen molar-refractivity contribution in [1.82, 2.24) is 4.98 Å². The number of fused-ring (bicyclic) bond motifs is 1. The first-order valence-electron chi connectivity index (χ1n) is 5.54. The number of hydrogen-bond acceptors (Lipinski definition) is 3. The molecule has 0 bridgehead atoms. The lowest BCUT2D eigenvalue weighted by Crippen LogP contribution is -2.02. The Labute approximate surface area is 98.3 Å². The maximum Gasteiger partial charge on any atom is 0.235 e. The molecule has 0 saturated heterocycles. The molecule has 4 heteroatoms. The maximum absolute atomic E-state index is 10.5. The van der Waals surface area contributed by atoms with Gasteiger partial charge in [0.15, 0.2) is 0 Å². The summed E-state index contributed by atoms with van der Waals surface area (Å²) in [4.78, 5) is 17.6. The van der Waals surface area contributed by atoms with Crippen LogP contribution in [0.15, 0.2) is 29.4 Å². The molecule has 1 fully saturated rings. The maximum atomic E-state index is 10.5. The van der Waals surface area contributed by atoms with Crippen LogP contribution < -0.4 is 4.74 Å². The lowest BCUT2D eigenvalue weighted by Gasteiger charge is -2.11. The predicted molar refractivity (Wildman–Crippen MR) is 63.9 cm³/mol. The van der Waals surface area contributed by atoms with E-state index in [0.29, 0.717) is 0 Å². The van der Waals surface area contributed by atoms with Crippen molar-refractivity contribution in [3.63, 3.8) is 0 Å². The number of aromatic nitrogens is 1. The second kappa shape index (κ2) is 3.47. The fraction of sp³-hybridized carbons (Fsp3) is 0.308. The van der Waals surface area contributed by atoms with Crippen molar-refractivity contribution in [1.29, 1.82) is 0 Å². The number of aromatic amines is 1. The van der Waals surface area contributed by atoms with Gasteiger partial charge >= 0.3 is 0 Å². The number of rotatable bonds is 3. The predicted octanol–water partition coefficient (Wildman–Crippen LogP) is 2.50. The molecule has 0 unspecified atom stereocenters. The number of nitrogens with one attached hydrogen (secondary N) is 1. The number of carbonyl (C=O) groups excluding carboxylic acids is 1. The van der Waals surface area contributed by atoms with Crippen molar-refractivity contribution in [2.45, 2.75) is 18.4 Å². The Kier molecular flexibility index (Phi) is 2.06. The fourth-order valence-electron chi connectivity index (χ4n) is 2.24. The number of isocyanates is 1. The Morgan fingerprint density at radius 3 is 2.94 bits per heavy atom. The lowest BCUT2D eigenvalue weighted by molar-refractivity contribution is 0.419. The van der Waals surface area contributed by atoms with Gasteiger partial charge in [0.1, 0.15) is 5.75 Å². The quantitative estimate of drug-likeness (QED) is 0.648. The molecule has 3 rings (SSSR count). The van der Waals surface area contributed by atoms with Crippen molar-refractivity contribution >= 4 is 17.0 Å². The van der Waals surface area contributed by atoms with Crippen LogP contribution in [0.2, 0.25) is 0 Å². The van der Waals surface area contributed by atoms with Crippen LogP contribution >= 0.6 is 0 Å². The van der Waals surface area contributed by atoms with E-state index in [-0.39, 0.29) is 5.54 Å². The van der Waals surface area contributed by atoms with Gasteiger partial charge in [0.05, 0.1) is 12.6 Å². The molecular formula is C13H12N2O2. The molecule has 0 radical (unpaired) electrons. The van der Waals surface area contributed by atoms with E-state index in [4.69, 9.17) is 4.74 Å². The van der Waals surface area contributed by atoms with Gasteiger partial charge in [-0.15, -0.1) is 0 Å². The molecule has 1 aromatic heterocycles. The highest BCUT2D eigenvalue weighted by Gasteiger charge is 2.45. The van der Waals surface area contributed by atoms with E-state index in [9.17, 15) is 4.79 Å². The van der Waals surface area contributed by atoms with Crippen LogP contribution in [0, 0.1) is 0 Å². The molecule has 17 heavy (non-hydrogen) atoms. The minimum atomic E-state index is -0.353. The molecule has 1 N–H and O–H groups in total. The third-order valence-electron chi connectivity index (χ3n) is 3.37. The highest BCUT2D eigenvalue weighted by atomic mass is 16.5. The van der Waals surface area contributed by atoms with Gasteiger partial charge in [0.2, 0.25) is 6.08 Å². The summed E-state index contributed by atoms with van der Waals surface area (Å²) in [5.41, 5.74) is 1.67. The van der Waals surface area contributed by atoms with Crippen molar-refractivity contribution in [3.8, 4) is 5.75 Å². The van der Waals surface area contributed by atoms with Crippen molar-refractivity contribution in [3.05, 3.63) is 30.0 Å². The van der Waals surface area contributed by atoms with E-state index in [0.717, 1.165) is 35.1 Å². The fourth-order valence-corrected chi connectivity index (χ4v) is 2.24. The van der Waals surface area contributed by atoms with Crippen LogP contribution in [-0.4, -0.2) is 18.2 Å². The summed E-state index contributed by atoms with van der Waals surface area (Å²) < 4.78 is 5.37. The first-order valence-corrected chi connectivity index (χ1v) is 5.54. The highest BCUT2D eigenvalue weighted by Crippen LogP contribution is 2.50. The second-order valence-electron chi connectivity index (χ2n) is 4.35. The minimum absolute atomic E-state index is 0.353. The zero-order chi connectivity index (χ0) is 11.9. The number of H-pyrrole nitrogens is 1. The zero-order valence-electron chi connectivity index (χ0n) is 9.49. The van der Waals surface area contributed by atoms with Crippen LogP contribution in [0.25, 0.3) is 10.9 Å². The monoisotopic (exact) mass is 228 g/mol. The van der Waals surface area contributed by atoms with Gasteiger partial charge in [-0.1, -0.05) is 0 Å². The van der Waals surface area contributed by atoms with Crippen LogP contribution in [0.1, 0.15) is 18.4 Å². The Morgan fingerprint density at radius 1 is 1.47 bits per heavy atom. The second-order valence-corrected chi connectivity index (χ2v) is 4.35. The number of nitrogens with zero attached hydrogens (tertiary/aromatic N) is 1. The van der Waals surface area contributed by atoms with E-state index in [1.807, 2.05) is 24.4 Å². The SMILES string of the molecule is COc1cc(C2(N=C=O)CC2)cc2[nH]ccc12. The van der Waals surface area contributed by atoms with Gasteiger partial charge in [-0.3, -0.25) is 0 Å². The summed E-state index contributed by atoms with van der Waals surface area (Å²) in [6.45, 7) is 0. The molecule has 0 atom stereocenters. The van der Waals surface area contributed by atoms with Crippen molar-refractivity contribution in [2.24, 2.45) is 4.99 Å². The Bertz CT molecular complexity index is 619. The Hall–Kier alpha value is -2.06. The topological polar surface area (TPSA) is 54.4 Å². The largest absolute Gasteiger partial charge is 0.496 e. The average molecular weight is 228 g/mol. The average Bonchev–Trinajstić information content (AvgIpc) is 2.97. The number of hydrogen-bond donors (Lipinski definition) is 1. The van der Waals surface area contributed by atoms with Crippen molar-refractivity contribution < 1.29 is 9.53 Å². The molecule has 0 spiro atoms. The molecule has 1 aliphatic rings. The molecule has 1 aromatic carbocycles.